The lowest BCUT2D eigenvalue weighted by molar-refractivity contribution is -0.0334. The van der Waals surface area contributed by atoms with Gasteiger partial charge in [-0.3, -0.25) is 4.90 Å². The molecule has 1 aromatic rings. The largest absolute Gasteiger partial charge is 0.491 e. The van der Waals surface area contributed by atoms with Crippen LogP contribution >= 0.6 is 0 Å². The van der Waals surface area contributed by atoms with Gasteiger partial charge in [-0.15, -0.1) is 0 Å². The molecule has 4 heteroatoms. The second-order valence-electron chi connectivity index (χ2n) is 6.72. The molecule has 0 aromatic heterocycles. The van der Waals surface area contributed by atoms with Crippen molar-refractivity contribution in [3.05, 3.63) is 28.8 Å². The number of aliphatic hydroxyl groups is 2. The van der Waals surface area contributed by atoms with Crippen LogP contribution in [-0.4, -0.2) is 47.0 Å². The number of rotatable bonds is 3. The zero-order chi connectivity index (χ0) is 15.7. The topological polar surface area (TPSA) is 52.9 Å². The quantitative estimate of drug-likeness (QED) is 0.900. The lowest BCUT2D eigenvalue weighted by Crippen LogP contribution is -2.53. The summed E-state index contributed by atoms with van der Waals surface area (Å²) >= 11 is 0. The number of hydrogen-bond donors (Lipinski definition) is 2. The molecule has 122 valence electrons. The van der Waals surface area contributed by atoms with Gasteiger partial charge < -0.3 is 14.9 Å². The van der Waals surface area contributed by atoms with E-state index in [1.54, 1.807) is 0 Å². The number of fused-ring (bicyclic) bond motifs is 1. The summed E-state index contributed by atoms with van der Waals surface area (Å²) in [5.74, 6) is 0.852. The van der Waals surface area contributed by atoms with Crippen LogP contribution in [0.15, 0.2) is 12.1 Å². The molecule has 1 fully saturated rings. The van der Waals surface area contributed by atoms with Crippen LogP contribution < -0.4 is 4.74 Å². The van der Waals surface area contributed by atoms with Crippen molar-refractivity contribution in [1.29, 1.82) is 0 Å². The van der Waals surface area contributed by atoms with Crippen molar-refractivity contribution in [2.75, 3.05) is 19.8 Å². The van der Waals surface area contributed by atoms with Crippen LogP contribution in [0.5, 0.6) is 5.75 Å². The molecule has 3 unspecified atom stereocenters. The first-order valence-corrected chi connectivity index (χ1v) is 8.40. The zero-order valence-electron chi connectivity index (χ0n) is 13.6. The van der Waals surface area contributed by atoms with Crippen LogP contribution in [0.4, 0.5) is 0 Å². The first kappa shape index (κ1) is 15.8. The van der Waals surface area contributed by atoms with Crippen molar-refractivity contribution in [3.63, 3.8) is 0 Å². The third-order valence-corrected chi connectivity index (χ3v) is 5.09. The van der Waals surface area contributed by atoms with Gasteiger partial charge in [-0.25, -0.2) is 0 Å². The van der Waals surface area contributed by atoms with Gasteiger partial charge >= 0.3 is 0 Å². The summed E-state index contributed by atoms with van der Waals surface area (Å²) in [5.41, 5.74) is 3.17. The number of benzene rings is 1. The minimum Gasteiger partial charge on any atom is -0.491 e. The van der Waals surface area contributed by atoms with Crippen molar-refractivity contribution in [2.45, 2.75) is 57.7 Å². The lowest BCUT2D eigenvalue weighted by atomic mass is 9.90. The molecule has 0 bridgehead atoms. The standard InChI is InChI=1S/C18H27NO3/c1-12-9-13(2)18-15(10-12)17(21)16(11-22-18)19-7-4-3-5-14(19)6-8-20/h9-10,14,16-17,20-21H,3-8,11H2,1-2H3. The SMILES string of the molecule is Cc1cc(C)c2c(c1)C(O)C(N1CCCCC1CCO)CO2. The Morgan fingerprint density at radius 1 is 1.27 bits per heavy atom. The van der Waals surface area contributed by atoms with E-state index in [2.05, 4.69) is 17.9 Å². The summed E-state index contributed by atoms with van der Waals surface area (Å²) in [6.07, 6.45) is 3.73. The van der Waals surface area contributed by atoms with Crippen LogP contribution in [0.3, 0.4) is 0 Å². The first-order chi connectivity index (χ1) is 10.6. The Morgan fingerprint density at radius 2 is 2.09 bits per heavy atom. The van der Waals surface area contributed by atoms with Gasteiger partial charge in [0, 0.05) is 18.2 Å². The summed E-state index contributed by atoms with van der Waals surface area (Å²) in [4.78, 5) is 2.37. The summed E-state index contributed by atoms with van der Waals surface area (Å²) in [6.45, 7) is 5.81. The number of likely N-dealkylation sites (tertiary alicyclic amines) is 1. The van der Waals surface area contributed by atoms with E-state index in [1.807, 2.05) is 13.0 Å². The highest BCUT2D eigenvalue weighted by atomic mass is 16.5. The fraction of sp³-hybridized carbons (Fsp3) is 0.667. The van der Waals surface area contributed by atoms with E-state index in [0.717, 1.165) is 48.2 Å². The van der Waals surface area contributed by atoms with Crippen LogP contribution in [0.2, 0.25) is 0 Å². The molecule has 22 heavy (non-hydrogen) atoms. The average Bonchev–Trinajstić information content (AvgIpc) is 2.50. The number of piperidine rings is 1. The molecular weight excluding hydrogens is 278 g/mol. The Hall–Kier alpha value is -1.10. The van der Waals surface area contributed by atoms with Gasteiger partial charge in [-0.2, -0.15) is 0 Å². The maximum atomic E-state index is 10.9. The molecule has 2 aliphatic heterocycles. The highest BCUT2D eigenvalue weighted by molar-refractivity contribution is 5.46. The monoisotopic (exact) mass is 305 g/mol. The summed E-state index contributed by atoms with van der Waals surface area (Å²) in [6, 6.07) is 4.49. The minimum absolute atomic E-state index is 0.00875. The summed E-state index contributed by atoms with van der Waals surface area (Å²) in [7, 11) is 0. The van der Waals surface area contributed by atoms with Gasteiger partial charge in [0.25, 0.3) is 0 Å². The number of ether oxygens (including phenoxy) is 1. The third kappa shape index (κ3) is 2.87. The second-order valence-corrected chi connectivity index (χ2v) is 6.72. The molecule has 0 amide bonds. The highest BCUT2D eigenvalue weighted by Gasteiger charge is 2.38. The second kappa shape index (κ2) is 6.57. The molecule has 3 atom stereocenters. The van der Waals surface area contributed by atoms with E-state index in [0.29, 0.717) is 12.6 Å². The first-order valence-electron chi connectivity index (χ1n) is 8.40. The van der Waals surface area contributed by atoms with Gasteiger partial charge in [-0.05, 0) is 51.3 Å². The van der Waals surface area contributed by atoms with E-state index in [1.165, 1.54) is 6.42 Å². The van der Waals surface area contributed by atoms with Gasteiger partial charge in [0.2, 0.25) is 0 Å². The molecule has 2 heterocycles. The number of aliphatic hydroxyl groups excluding tert-OH is 2. The molecule has 0 aliphatic carbocycles. The Labute approximate surface area is 132 Å². The highest BCUT2D eigenvalue weighted by Crippen LogP contribution is 2.39. The van der Waals surface area contributed by atoms with Crippen LogP contribution in [-0.2, 0) is 0 Å². The average molecular weight is 305 g/mol. The Kier molecular flexibility index (Phi) is 4.71. The Morgan fingerprint density at radius 3 is 2.86 bits per heavy atom. The molecule has 2 N–H and O–H groups in total. The molecule has 0 spiro atoms. The van der Waals surface area contributed by atoms with E-state index in [4.69, 9.17) is 4.74 Å². The predicted octanol–water partition coefficient (Wildman–Crippen LogP) is 2.33. The summed E-state index contributed by atoms with van der Waals surface area (Å²) in [5, 5.41) is 20.2. The molecule has 2 aliphatic rings. The van der Waals surface area contributed by atoms with E-state index >= 15 is 0 Å². The van der Waals surface area contributed by atoms with Crippen molar-refractivity contribution >= 4 is 0 Å². The maximum absolute atomic E-state index is 10.9. The maximum Gasteiger partial charge on any atom is 0.128 e. The molecule has 3 rings (SSSR count). The van der Waals surface area contributed by atoms with Gasteiger partial charge in [0.15, 0.2) is 0 Å². The van der Waals surface area contributed by atoms with Gasteiger partial charge in [0.1, 0.15) is 18.5 Å². The van der Waals surface area contributed by atoms with Crippen LogP contribution in [0.1, 0.15) is 48.5 Å². The Bertz CT molecular complexity index is 529. The number of nitrogens with zero attached hydrogens (tertiary/aromatic N) is 1. The van der Waals surface area contributed by atoms with E-state index < -0.39 is 6.10 Å². The Balaban J connectivity index is 1.86. The van der Waals surface area contributed by atoms with Crippen LogP contribution in [0, 0.1) is 13.8 Å². The van der Waals surface area contributed by atoms with Crippen molar-refractivity contribution < 1.29 is 14.9 Å². The fourth-order valence-electron chi connectivity index (χ4n) is 4.07. The predicted molar refractivity (Wildman–Crippen MR) is 86.2 cm³/mol. The molecule has 0 radical (unpaired) electrons. The van der Waals surface area contributed by atoms with Crippen LogP contribution in [0.25, 0.3) is 0 Å². The molecule has 1 saturated heterocycles. The normalized spacial score (nSPS) is 29.0. The fourth-order valence-corrected chi connectivity index (χ4v) is 4.07. The summed E-state index contributed by atoms with van der Waals surface area (Å²) < 4.78 is 6.01. The third-order valence-electron chi connectivity index (χ3n) is 5.09. The number of hydrogen-bond acceptors (Lipinski definition) is 4. The molecular formula is C18H27NO3. The smallest absolute Gasteiger partial charge is 0.128 e. The zero-order valence-corrected chi connectivity index (χ0v) is 13.6. The molecule has 0 saturated carbocycles. The number of aryl methyl sites for hydroxylation is 2. The van der Waals surface area contributed by atoms with Gasteiger partial charge in [-0.1, -0.05) is 18.1 Å². The van der Waals surface area contributed by atoms with Crippen molar-refractivity contribution in [3.8, 4) is 5.75 Å². The van der Waals surface area contributed by atoms with Gasteiger partial charge in [0.05, 0.1) is 6.04 Å². The van der Waals surface area contributed by atoms with E-state index in [9.17, 15) is 10.2 Å². The van der Waals surface area contributed by atoms with Crippen molar-refractivity contribution in [2.24, 2.45) is 0 Å². The van der Waals surface area contributed by atoms with E-state index in [-0.39, 0.29) is 12.6 Å². The minimum atomic E-state index is -0.512. The van der Waals surface area contributed by atoms with Crippen molar-refractivity contribution in [1.82, 2.24) is 4.90 Å². The lowest BCUT2D eigenvalue weighted by Gasteiger charge is -2.45. The molecule has 1 aromatic carbocycles. The molecule has 4 nitrogen and oxygen atoms in total.